The van der Waals surface area contributed by atoms with Crippen LogP contribution >= 0.6 is 0 Å². The van der Waals surface area contributed by atoms with E-state index in [4.69, 9.17) is 0 Å². The molecule has 0 bridgehead atoms. The maximum absolute atomic E-state index is 12.9. The highest BCUT2D eigenvalue weighted by molar-refractivity contribution is 6.07. The van der Waals surface area contributed by atoms with Gasteiger partial charge in [0.25, 0.3) is 5.91 Å². The number of fused-ring (bicyclic) bond motifs is 1. The van der Waals surface area contributed by atoms with E-state index in [1.807, 2.05) is 0 Å². The molecule has 4 rings (SSSR count). The lowest BCUT2D eigenvalue weighted by Gasteiger charge is -2.36. The fraction of sp³-hybridized carbons (Fsp3) is 0.300. The lowest BCUT2D eigenvalue weighted by atomic mass is 9.86. The molecule has 1 aliphatic rings. The second-order valence-corrected chi connectivity index (χ2v) is 7.15. The van der Waals surface area contributed by atoms with Crippen LogP contribution in [0.1, 0.15) is 28.9 Å². The number of rotatable bonds is 5. The summed E-state index contributed by atoms with van der Waals surface area (Å²) < 4.78 is 38.5. The third-order valence-electron chi connectivity index (χ3n) is 5.03. The van der Waals surface area contributed by atoms with E-state index in [-0.39, 0.29) is 17.8 Å². The van der Waals surface area contributed by atoms with Crippen LogP contribution < -0.4 is 10.6 Å². The molecule has 2 N–H and O–H groups in total. The van der Waals surface area contributed by atoms with Crippen LogP contribution in [0.15, 0.2) is 43.0 Å². The number of alkyl halides is 3. The summed E-state index contributed by atoms with van der Waals surface area (Å²) in [6, 6.07) is 8.35. The van der Waals surface area contributed by atoms with Crippen molar-refractivity contribution in [2.75, 3.05) is 6.54 Å². The first kappa shape index (κ1) is 19.8. The van der Waals surface area contributed by atoms with Crippen LogP contribution in [0, 0.1) is 11.3 Å². The Hall–Kier alpha value is -3.45. The number of benzene rings is 1. The van der Waals surface area contributed by atoms with Crippen molar-refractivity contribution in [3.8, 4) is 11.9 Å². The van der Waals surface area contributed by atoms with Gasteiger partial charge in [0.1, 0.15) is 17.8 Å². The minimum absolute atomic E-state index is 0.153. The molecular formula is C20H17F3N6O. The van der Waals surface area contributed by atoms with Crippen LogP contribution in [-0.4, -0.2) is 45.2 Å². The molecular weight excluding hydrogens is 397 g/mol. The zero-order valence-corrected chi connectivity index (χ0v) is 15.6. The van der Waals surface area contributed by atoms with Gasteiger partial charge in [-0.25, -0.2) is 9.97 Å². The van der Waals surface area contributed by atoms with Crippen LogP contribution in [0.3, 0.4) is 0 Å². The van der Waals surface area contributed by atoms with Gasteiger partial charge in [0.15, 0.2) is 0 Å². The van der Waals surface area contributed by atoms with Crippen molar-refractivity contribution in [3.05, 3.63) is 54.2 Å². The van der Waals surface area contributed by atoms with Crippen molar-refractivity contribution < 1.29 is 18.0 Å². The summed E-state index contributed by atoms with van der Waals surface area (Å²) in [5.74, 6) is 0.00232. The minimum atomic E-state index is -4.26. The molecule has 1 saturated carbocycles. The number of pyridine rings is 1. The summed E-state index contributed by atoms with van der Waals surface area (Å²) in [7, 11) is 0. The number of amides is 1. The molecule has 2 aromatic heterocycles. The Kier molecular flexibility index (Phi) is 5.13. The molecule has 0 radical (unpaired) electrons. The van der Waals surface area contributed by atoms with Gasteiger partial charge in [-0.1, -0.05) is 12.1 Å². The van der Waals surface area contributed by atoms with Crippen molar-refractivity contribution in [2.45, 2.75) is 31.1 Å². The average molecular weight is 414 g/mol. The van der Waals surface area contributed by atoms with E-state index in [1.54, 1.807) is 41.2 Å². The Bertz CT molecular complexity index is 1110. The average Bonchev–Trinajstić information content (AvgIpc) is 3.22. The van der Waals surface area contributed by atoms with Gasteiger partial charge in [0.05, 0.1) is 18.2 Å². The van der Waals surface area contributed by atoms with Crippen LogP contribution in [0.2, 0.25) is 0 Å². The smallest absolute Gasteiger partial charge is 0.348 e. The van der Waals surface area contributed by atoms with E-state index in [9.17, 15) is 23.2 Å². The Morgan fingerprint density at radius 2 is 2.07 bits per heavy atom. The number of hydrogen-bond acceptors (Lipinski definition) is 5. The van der Waals surface area contributed by atoms with Crippen molar-refractivity contribution >= 4 is 16.7 Å². The number of aromatic nitrogens is 3. The number of halogens is 3. The van der Waals surface area contributed by atoms with Gasteiger partial charge in [-0.05, 0) is 25.0 Å². The summed E-state index contributed by atoms with van der Waals surface area (Å²) in [6.45, 7) is -1.05. The third kappa shape index (κ3) is 4.11. The molecule has 154 valence electrons. The number of carbonyl (C=O) groups is 1. The van der Waals surface area contributed by atoms with Gasteiger partial charge in [0, 0.05) is 35.2 Å². The van der Waals surface area contributed by atoms with Crippen LogP contribution in [0.4, 0.5) is 13.2 Å². The molecule has 0 unspecified atom stereocenters. The molecule has 7 nitrogen and oxygen atoms in total. The first-order chi connectivity index (χ1) is 14.3. The number of carbonyl (C=O) groups excluding carboxylic acids is 1. The van der Waals surface area contributed by atoms with Crippen molar-refractivity contribution in [3.63, 3.8) is 0 Å². The predicted molar refractivity (Wildman–Crippen MR) is 102 cm³/mol. The van der Waals surface area contributed by atoms with Crippen LogP contribution in [-0.2, 0) is 0 Å². The lowest BCUT2D eigenvalue weighted by Crippen LogP contribution is -2.54. The van der Waals surface area contributed by atoms with Crippen LogP contribution in [0.5, 0.6) is 0 Å². The quantitative estimate of drug-likeness (QED) is 0.669. The Morgan fingerprint density at radius 1 is 1.27 bits per heavy atom. The van der Waals surface area contributed by atoms with Gasteiger partial charge in [-0.2, -0.15) is 18.4 Å². The van der Waals surface area contributed by atoms with Gasteiger partial charge in [-0.3, -0.25) is 9.36 Å². The molecule has 10 heteroatoms. The standard InChI is InChI=1S/C20H17F3N6O/c21-20(22,23)10-26-13-6-14(7-13)27-19(30)18-15-3-1-2-12(9-24)16(15)8-17(28-18)29-5-4-25-11-29/h1-5,8,11,13-14,26H,6-7,10H2,(H,27,30). The van der Waals surface area contributed by atoms with Gasteiger partial charge in [-0.15, -0.1) is 0 Å². The van der Waals surface area contributed by atoms with Gasteiger partial charge in [0.2, 0.25) is 0 Å². The molecule has 1 aliphatic carbocycles. The maximum Gasteiger partial charge on any atom is 0.401 e. The highest BCUT2D eigenvalue weighted by atomic mass is 19.4. The summed E-state index contributed by atoms with van der Waals surface area (Å²) in [5, 5.41) is 15.8. The second-order valence-electron chi connectivity index (χ2n) is 7.15. The zero-order chi connectivity index (χ0) is 21.3. The maximum atomic E-state index is 12.9. The normalized spacial score (nSPS) is 18.6. The van der Waals surface area contributed by atoms with E-state index >= 15 is 0 Å². The monoisotopic (exact) mass is 414 g/mol. The second kappa shape index (κ2) is 7.76. The Labute approximate surface area is 169 Å². The molecule has 2 heterocycles. The molecule has 1 fully saturated rings. The fourth-order valence-electron chi connectivity index (χ4n) is 3.48. The van der Waals surface area contributed by atoms with Crippen molar-refractivity contribution in [2.24, 2.45) is 0 Å². The van der Waals surface area contributed by atoms with Gasteiger partial charge >= 0.3 is 6.18 Å². The third-order valence-corrected chi connectivity index (χ3v) is 5.03. The van der Waals surface area contributed by atoms with E-state index in [2.05, 4.69) is 26.7 Å². The molecule has 1 amide bonds. The summed E-state index contributed by atoms with van der Waals surface area (Å²) in [4.78, 5) is 21.4. The summed E-state index contributed by atoms with van der Waals surface area (Å²) in [5.41, 5.74) is 0.561. The Balaban J connectivity index is 1.56. The van der Waals surface area contributed by atoms with Crippen molar-refractivity contribution in [1.82, 2.24) is 25.2 Å². The Morgan fingerprint density at radius 3 is 2.73 bits per heavy atom. The number of hydrogen-bond donors (Lipinski definition) is 2. The molecule has 0 aliphatic heterocycles. The number of nitriles is 1. The van der Waals surface area contributed by atoms with Crippen molar-refractivity contribution in [1.29, 1.82) is 5.26 Å². The summed E-state index contributed by atoms with van der Waals surface area (Å²) >= 11 is 0. The van der Waals surface area contributed by atoms with E-state index in [1.165, 1.54) is 6.33 Å². The topological polar surface area (TPSA) is 95.6 Å². The molecule has 0 spiro atoms. The highest BCUT2D eigenvalue weighted by Crippen LogP contribution is 2.26. The first-order valence-corrected chi connectivity index (χ1v) is 9.27. The first-order valence-electron chi connectivity index (χ1n) is 9.27. The van der Waals surface area contributed by atoms with E-state index in [0.29, 0.717) is 35.0 Å². The number of imidazole rings is 1. The molecule has 30 heavy (non-hydrogen) atoms. The molecule has 0 saturated heterocycles. The summed E-state index contributed by atoms with van der Waals surface area (Å²) in [6.07, 6.45) is 1.34. The van der Waals surface area contributed by atoms with E-state index in [0.717, 1.165) is 0 Å². The molecule has 3 aromatic rings. The molecule has 0 atom stereocenters. The fourth-order valence-corrected chi connectivity index (χ4v) is 3.48. The lowest BCUT2D eigenvalue weighted by molar-refractivity contribution is -0.127. The number of nitrogens with one attached hydrogen (secondary N) is 2. The highest BCUT2D eigenvalue weighted by Gasteiger charge is 2.35. The largest absolute Gasteiger partial charge is 0.401 e. The van der Waals surface area contributed by atoms with Gasteiger partial charge < -0.3 is 10.6 Å². The number of nitrogens with zero attached hydrogens (tertiary/aromatic N) is 4. The minimum Gasteiger partial charge on any atom is -0.348 e. The van der Waals surface area contributed by atoms with Crippen LogP contribution in [0.25, 0.3) is 16.6 Å². The SMILES string of the molecule is N#Cc1cccc2c(C(=O)NC3CC(NCC(F)(F)F)C3)nc(-n3ccnc3)cc12. The predicted octanol–water partition coefficient (Wildman–Crippen LogP) is 2.70. The molecule has 1 aromatic carbocycles. The van der Waals surface area contributed by atoms with E-state index < -0.39 is 18.6 Å². The zero-order valence-electron chi connectivity index (χ0n) is 15.6.